The number of nitrogens with zero attached hydrogens (tertiary/aromatic N) is 2. The number of likely N-dealkylation sites (tertiary alicyclic amines) is 1. The largest absolute Gasteiger partial charge is 0.320 e. The lowest BCUT2D eigenvalue weighted by Crippen LogP contribution is -2.34. The highest BCUT2D eigenvalue weighted by atomic mass is 35.5. The maximum atomic E-state index is 4.96. The van der Waals surface area contributed by atoms with Gasteiger partial charge in [0.1, 0.15) is 0 Å². The molecule has 1 saturated carbocycles. The first-order chi connectivity index (χ1) is 10.8. The molecule has 3 rings (SSSR count). The van der Waals surface area contributed by atoms with Crippen LogP contribution in [-0.4, -0.2) is 36.6 Å². The monoisotopic (exact) mass is 393 g/mol. The molecule has 2 aliphatic rings. The summed E-state index contributed by atoms with van der Waals surface area (Å²) in [5.74, 6) is 1.69. The van der Waals surface area contributed by atoms with Crippen LogP contribution in [0.2, 0.25) is 0 Å². The second-order valence-electron chi connectivity index (χ2n) is 7.12. The molecule has 1 saturated heterocycles. The fraction of sp³-hybridized carbons (Fsp3) is 0.833. The number of thiazole rings is 1. The van der Waals surface area contributed by atoms with Crippen LogP contribution in [0.15, 0.2) is 5.38 Å². The molecular weight excluding hydrogens is 361 g/mol. The highest BCUT2D eigenvalue weighted by molar-refractivity contribution is 7.09. The highest BCUT2D eigenvalue weighted by Gasteiger charge is 2.21. The van der Waals surface area contributed by atoms with Gasteiger partial charge in [-0.1, -0.05) is 19.3 Å². The maximum absolute atomic E-state index is 4.96. The molecule has 0 atom stereocenters. The predicted molar refractivity (Wildman–Crippen MR) is 109 cm³/mol. The average molecular weight is 394 g/mol. The number of rotatable bonds is 6. The number of piperidine rings is 1. The molecule has 1 aliphatic heterocycles. The van der Waals surface area contributed by atoms with Crippen LogP contribution in [0.3, 0.4) is 0 Å². The lowest BCUT2D eigenvalue weighted by atomic mass is 9.90. The second-order valence-corrected chi connectivity index (χ2v) is 8.01. The lowest BCUT2D eigenvalue weighted by molar-refractivity contribution is 0.171. The predicted octanol–water partition coefficient (Wildman–Crippen LogP) is 4.86. The van der Waals surface area contributed by atoms with Gasteiger partial charge in [0.05, 0.1) is 10.7 Å². The van der Waals surface area contributed by atoms with E-state index in [1.54, 1.807) is 0 Å². The Kier molecular flexibility index (Phi) is 10.8. The SMILES string of the molecule is CNCCC1CCN(Cc2csc(C3CCCCC3)n2)CC1.Cl.Cl. The summed E-state index contributed by atoms with van der Waals surface area (Å²) in [6, 6.07) is 0. The third-order valence-electron chi connectivity index (χ3n) is 5.42. The molecule has 0 aromatic carbocycles. The van der Waals surface area contributed by atoms with Crippen LogP contribution in [0.25, 0.3) is 0 Å². The van der Waals surface area contributed by atoms with Crippen molar-refractivity contribution in [1.29, 1.82) is 0 Å². The molecule has 0 spiro atoms. The van der Waals surface area contributed by atoms with Crippen molar-refractivity contribution in [2.24, 2.45) is 5.92 Å². The van der Waals surface area contributed by atoms with Crippen LogP contribution >= 0.6 is 36.2 Å². The fourth-order valence-corrected chi connectivity index (χ4v) is 4.93. The summed E-state index contributed by atoms with van der Waals surface area (Å²) in [6.45, 7) is 4.75. The van der Waals surface area contributed by atoms with Gasteiger partial charge in [0.15, 0.2) is 0 Å². The molecule has 0 unspecified atom stereocenters. The Morgan fingerprint density at radius 1 is 1.12 bits per heavy atom. The molecule has 140 valence electrons. The molecule has 2 fully saturated rings. The lowest BCUT2D eigenvalue weighted by Gasteiger charge is -2.31. The van der Waals surface area contributed by atoms with E-state index >= 15 is 0 Å². The molecule has 0 radical (unpaired) electrons. The Bertz CT molecular complexity index is 441. The Labute approximate surface area is 163 Å². The van der Waals surface area contributed by atoms with E-state index in [9.17, 15) is 0 Å². The van der Waals surface area contributed by atoms with E-state index in [4.69, 9.17) is 4.98 Å². The van der Waals surface area contributed by atoms with Crippen LogP contribution in [0.5, 0.6) is 0 Å². The average Bonchev–Trinajstić information content (AvgIpc) is 3.04. The van der Waals surface area contributed by atoms with Gasteiger partial charge in [0, 0.05) is 17.8 Å². The Morgan fingerprint density at radius 2 is 1.83 bits per heavy atom. The molecule has 1 aliphatic carbocycles. The molecule has 1 aromatic heterocycles. The highest BCUT2D eigenvalue weighted by Crippen LogP contribution is 2.34. The van der Waals surface area contributed by atoms with Crippen molar-refractivity contribution in [2.45, 2.75) is 63.8 Å². The summed E-state index contributed by atoms with van der Waals surface area (Å²) in [5, 5.41) is 7.01. The fourth-order valence-electron chi connectivity index (χ4n) is 3.94. The van der Waals surface area contributed by atoms with E-state index in [2.05, 4.69) is 22.6 Å². The maximum Gasteiger partial charge on any atom is 0.0959 e. The van der Waals surface area contributed by atoms with Crippen LogP contribution in [0, 0.1) is 5.92 Å². The third-order valence-corrected chi connectivity index (χ3v) is 6.48. The van der Waals surface area contributed by atoms with Crippen molar-refractivity contribution in [1.82, 2.24) is 15.2 Å². The van der Waals surface area contributed by atoms with Gasteiger partial charge in [-0.25, -0.2) is 4.98 Å². The minimum atomic E-state index is 0. The third kappa shape index (κ3) is 6.45. The quantitative estimate of drug-likeness (QED) is 0.747. The van der Waals surface area contributed by atoms with Crippen LogP contribution in [0.4, 0.5) is 0 Å². The van der Waals surface area contributed by atoms with Crippen molar-refractivity contribution in [3.8, 4) is 0 Å². The van der Waals surface area contributed by atoms with Crippen molar-refractivity contribution in [2.75, 3.05) is 26.7 Å². The molecular formula is C18H33Cl2N3S. The second kappa shape index (κ2) is 11.7. The van der Waals surface area contributed by atoms with Gasteiger partial charge in [0.2, 0.25) is 0 Å². The van der Waals surface area contributed by atoms with E-state index in [1.165, 1.54) is 81.7 Å². The molecule has 3 nitrogen and oxygen atoms in total. The standard InChI is InChI=1S/C18H31N3S.2ClH/c1-19-10-7-15-8-11-21(12-9-15)13-17-14-22-18(20-17)16-5-3-2-4-6-16;;/h14-16,19H,2-13H2,1H3;2*1H. The number of aromatic nitrogens is 1. The van der Waals surface area contributed by atoms with Crippen LogP contribution in [0.1, 0.15) is 68.0 Å². The Balaban J connectivity index is 0.00000144. The summed E-state index contributed by atoms with van der Waals surface area (Å²) in [6.07, 6.45) is 11.0. The molecule has 1 N–H and O–H groups in total. The summed E-state index contributed by atoms with van der Waals surface area (Å²) in [5.41, 5.74) is 1.32. The molecule has 0 bridgehead atoms. The number of hydrogen-bond donors (Lipinski definition) is 1. The summed E-state index contributed by atoms with van der Waals surface area (Å²) < 4.78 is 0. The van der Waals surface area contributed by atoms with E-state index in [0.717, 1.165) is 18.4 Å². The Morgan fingerprint density at radius 3 is 2.50 bits per heavy atom. The molecule has 6 heteroatoms. The van der Waals surface area contributed by atoms with E-state index in [1.807, 2.05) is 11.3 Å². The zero-order valence-electron chi connectivity index (χ0n) is 14.8. The first-order valence-corrected chi connectivity index (χ1v) is 10.0. The summed E-state index contributed by atoms with van der Waals surface area (Å²) in [7, 11) is 2.06. The number of halogens is 2. The summed E-state index contributed by atoms with van der Waals surface area (Å²) in [4.78, 5) is 7.57. The van der Waals surface area contributed by atoms with Crippen LogP contribution in [-0.2, 0) is 6.54 Å². The smallest absolute Gasteiger partial charge is 0.0959 e. The van der Waals surface area contributed by atoms with Gasteiger partial charge in [0.25, 0.3) is 0 Å². The topological polar surface area (TPSA) is 28.2 Å². The van der Waals surface area contributed by atoms with E-state index in [-0.39, 0.29) is 24.8 Å². The van der Waals surface area contributed by atoms with Gasteiger partial charge >= 0.3 is 0 Å². The zero-order valence-corrected chi connectivity index (χ0v) is 17.3. The minimum absolute atomic E-state index is 0. The van der Waals surface area contributed by atoms with Crippen LogP contribution < -0.4 is 5.32 Å². The normalized spacial score (nSPS) is 20.4. The minimum Gasteiger partial charge on any atom is -0.320 e. The van der Waals surface area contributed by atoms with Crippen molar-refractivity contribution in [3.63, 3.8) is 0 Å². The molecule has 0 amide bonds. The van der Waals surface area contributed by atoms with Gasteiger partial charge in [-0.2, -0.15) is 0 Å². The number of hydrogen-bond acceptors (Lipinski definition) is 4. The van der Waals surface area contributed by atoms with Gasteiger partial charge in [-0.3, -0.25) is 4.90 Å². The van der Waals surface area contributed by atoms with E-state index in [0.29, 0.717) is 0 Å². The van der Waals surface area contributed by atoms with Crippen molar-refractivity contribution >= 4 is 36.2 Å². The van der Waals surface area contributed by atoms with Gasteiger partial charge in [-0.15, -0.1) is 36.2 Å². The zero-order chi connectivity index (χ0) is 15.2. The van der Waals surface area contributed by atoms with Crippen molar-refractivity contribution in [3.05, 3.63) is 16.1 Å². The first-order valence-electron chi connectivity index (χ1n) is 9.16. The van der Waals surface area contributed by atoms with Crippen molar-refractivity contribution < 1.29 is 0 Å². The Hall–Kier alpha value is 0.130. The number of nitrogens with one attached hydrogen (secondary N) is 1. The molecule has 1 aromatic rings. The van der Waals surface area contributed by atoms with E-state index < -0.39 is 0 Å². The first kappa shape index (κ1) is 22.2. The summed E-state index contributed by atoms with van der Waals surface area (Å²) >= 11 is 1.91. The molecule has 24 heavy (non-hydrogen) atoms. The van der Waals surface area contributed by atoms with Gasteiger partial charge < -0.3 is 5.32 Å². The molecule has 2 heterocycles. The van der Waals surface area contributed by atoms with Gasteiger partial charge in [-0.05, 0) is 64.7 Å².